The molecule has 2 N–H and O–H groups in total. The molecule has 6 aromatic rings. The Kier molecular flexibility index (Phi) is 10.7. The molecule has 0 atom stereocenters. The molecule has 0 bridgehead atoms. The normalized spacial score (nSPS) is 11.1. The number of rotatable bonds is 10. The van der Waals surface area contributed by atoms with Crippen molar-refractivity contribution < 1.29 is 33.0 Å². The van der Waals surface area contributed by atoms with Crippen molar-refractivity contribution in [2.75, 3.05) is 0 Å². The molecule has 4 aromatic carbocycles. The first kappa shape index (κ1) is 34.4. The zero-order chi connectivity index (χ0) is 35.0. The van der Waals surface area contributed by atoms with Crippen molar-refractivity contribution in [1.29, 1.82) is 0 Å². The number of aryl methyl sites for hydroxylation is 3. The highest BCUT2D eigenvalue weighted by Crippen LogP contribution is 2.33. The molecular formula is C38H33F3N4O4. The Labute approximate surface area is 280 Å². The van der Waals surface area contributed by atoms with Gasteiger partial charge in [-0.15, -0.1) is 0 Å². The zero-order valence-electron chi connectivity index (χ0n) is 26.5. The number of aliphatic carboxylic acids is 2. The Morgan fingerprint density at radius 2 is 1.06 bits per heavy atom. The molecule has 0 spiro atoms. The fourth-order valence-electron chi connectivity index (χ4n) is 5.18. The lowest BCUT2D eigenvalue weighted by atomic mass is 10.1. The number of halogens is 3. The van der Waals surface area contributed by atoms with E-state index in [1.165, 1.54) is 16.3 Å². The second-order valence-corrected chi connectivity index (χ2v) is 11.3. The van der Waals surface area contributed by atoms with E-state index in [0.717, 1.165) is 34.8 Å². The Hall–Kier alpha value is -5.97. The SMILES string of the molecule is Cc1cccc(-c2cc(CCC(=O)O)nn2-c2ccccc2)c1.O=C(O)CCc1cc(-c2cccc(C(F)(F)F)c2)n(-c2ccccc2)n1. The van der Waals surface area contributed by atoms with Crippen LogP contribution in [0.2, 0.25) is 0 Å². The third-order valence-electron chi connectivity index (χ3n) is 7.51. The smallest absolute Gasteiger partial charge is 0.416 e. The highest BCUT2D eigenvalue weighted by Gasteiger charge is 2.30. The van der Waals surface area contributed by atoms with E-state index in [1.807, 2.05) is 59.3 Å². The first-order valence-corrected chi connectivity index (χ1v) is 15.4. The Morgan fingerprint density at radius 3 is 1.49 bits per heavy atom. The number of alkyl halides is 3. The van der Waals surface area contributed by atoms with Crippen LogP contribution in [0.3, 0.4) is 0 Å². The van der Waals surface area contributed by atoms with Crippen LogP contribution in [-0.2, 0) is 28.6 Å². The van der Waals surface area contributed by atoms with Crippen molar-refractivity contribution in [3.63, 3.8) is 0 Å². The summed E-state index contributed by atoms with van der Waals surface area (Å²) in [6.45, 7) is 2.05. The first-order valence-electron chi connectivity index (χ1n) is 15.4. The Balaban J connectivity index is 0.000000192. The lowest BCUT2D eigenvalue weighted by molar-refractivity contribution is -0.138. The maximum Gasteiger partial charge on any atom is 0.416 e. The molecule has 0 fully saturated rings. The number of aromatic nitrogens is 4. The molecule has 11 heteroatoms. The van der Waals surface area contributed by atoms with Crippen LogP contribution in [0.5, 0.6) is 0 Å². The third kappa shape index (κ3) is 9.10. The quantitative estimate of drug-likeness (QED) is 0.152. The van der Waals surface area contributed by atoms with Crippen LogP contribution < -0.4 is 0 Å². The lowest BCUT2D eigenvalue weighted by Gasteiger charge is -2.10. The van der Waals surface area contributed by atoms with E-state index in [9.17, 15) is 22.8 Å². The average Bonchev–Trinajstić information content (AvgIpc) is 3.73. The van der Waals surface area contributed by atoms with Gasteiger partial charge < -0.3 is 10.2 Å². The number of carbonyl (C=O) groups is 2. The predicted octanol–water partition coefficient (Wildman–Crippen LogP) is 8.44. The number of hydrogen-bond acceptors (Lipinski definition) is 4. The highest BCUT2D eigenvalue weighted by molar-refractivity contribution is 5.68. The summed E-state index contributed by atoms with van der Waals surface area (Å²) in [6.07, 6.45) is -3.85. The Morgan fingerprint density at radius 1 is 0.612 bits per heavy atom. The van der Waals surface area contributed by atoms with Crippen LogP contribution in [0.25, 0.3) is 33.9 Å². The molecule has 49 heavy (non-hydrogen) atoms. The molecule has 0 radical (unpaired) electrons. The summed E-state index contributed by atoms with van der Waals surface area (Å²) in [5, 5.41) is 26.7. The second kappa shape index (κ2) is 15.3. The van der Waals surface area contributed by atoms with Gasteiger partial charge in [0.2, 0.25) is 0 Å². The maximum absolute atomic E-state index is 13.0. The van der Waals surface area contributed by atoms with Gasteiger partial charge in [0.15, 0.2) is 0 Å². The number of para-hydroxylation sites is 2. The number of hydrogen-bond donors (Lipinski definition) is 2. The highest BCUT2D eigenvalue weighted by atomic mass is 19.4. The van der Waals surface area contributed by atoms with Gasteiger partial charge in [0, 0.05) is 24.0 Å². The molecule has 0 saturated heterocycles. The van der Waals surface area contributed by atoms with E-state index < -0.39 is 23.7 Å². The summed E-state index contributed by atoms with van der Waals surface area (Å²) in [7, 11) is 0. The van der Waals surface area contributed by atoms with Gasteiger partial charge in [0.25, 0.3) is 0 Å². The number of carboxylic acid groups (broad SMARTS) is 2. The molecule has 2 aromatic heterocycles. The number of nitrogens with zero attached hydrogens (tertiary/aromatic N) is 4. The van der Waals surface area contributed by atoms with Crippen molar-refractivity contribution >= 4 is 11.9 Å². The lowest BCUT2D eigenvalue weighted by Crippen LogP contribution is -2.05. The minimum absolute atomic E-state index is 0.0824. The average molecular weight is 667 g/mol. The van der Waals surface area contributed by atoms with Crippen LogP contribution in [0.1, 0.15) is 35.4 Å². The molecule has 0 aliphatic carbocycles. The maximum atomic E-state index is 13.0. The molecule has 0 unspecified atom stereocenters. The van der Waals surface area contributed by atoms with Crippen LogP contribution in [-0.4, -0.2) is 41.7 Å². The van der Waals surface area contributed by atoms with Gasteiger partial charge >= 0.3 is 18.1 Å². The standard InChI is InChI=1S/C19H15F3N2O2.C19H18N2O2/c20-19(21,22)14-6-4-5-13(11-14)17-12-15(9-10-18(25)26)23-24(17)16-7-2-1-3-8-16;1-14-6-5-7-15(12-14)18-13-16(10-11-19(22)23)20-21(18)17-8-3-2-4-9-17/h1-8,11-12H,9-10H2,(H,25,26);2-9,12-13H,10-11H2,1H3,(H,22,23). The molecule has 0 saturated carbocycles. The molecule has 0 aliphatic rings. The van der Waals surface area contributed by atoms with E-state index in [-0.39, 0.29) is 19.3 Å². The Bertz CT molecular complexity index is 2040. The number of carboxylic acids is 2. The summed E-state index contributed by atoms with van der Waals surface area (Å²) in [4.78, 5) is 21.6. The van der Waals surface area contributed by atoms with E-state index in [4.69, 9.17) is 10.2 Å². The number of benzene rings is 4. The van der Waals surface area contributed by atoms with E-state index >= 15 is 0 Å². The van der Waals surface area contributed by atoms with E-state index in [0.29, 0.717) is 29.1 Å². The summed E-state index contributed by atoms with van der Waals surface area (Å²) in [5.41, 5.74) is 6.24. The minimum atomic E-state index is -4.44. The summed E-state index contributed by atoms with van der Waals surface area (Å²) < 4.78 is 42.5. The first-order chi connectivity index (χ1) is 23.5. The molecule has 250 valence electrons. The van der Waals surface area contributed by atoms with E-state index in [2.05, 4.69) is 29.3 Å². The van der Waals surface area contributed by atoms with Gasteiger partial charge in [0.1, 0.15) is 0 Å². The predicted molar refractivity (Wildman–Crippen MR) is 180 cm³/mol. The summed E-state index contributed by atoms with van der Waals surface area (Å²) in [5.74, 6) is -1.77. The van der Waals surface area contributed by atoms with Crippen molar-refractivity contribution in [2.45, 2.75) is 38.8 Å². The van der Waals surface area contributed by atoms with Gasteiger partial charge in [-0.2, -0.15) is 23.4 Å². The van der Waals surface area contributed by atoms with Gasteiger partial charge in [-0.05, 0) is 61.5 Å². The van der Waals surface area contributed by atoms with Crippen molar-refractivity contribution in [3.05, 3.63) is 144 Å². The van der Waals surface area contributed by atoms with E-state index in [1.54, 1.807) is 36.4 Å². The summed E-state index contributed by atoms with van der Waals surface area (Å²) >= 11 is 0. The summed E-state index contributed by atoms with van der Waals surface area (Å²) in [6, 6.07) is 35.7. The van der Waals surface area contributed by atoms with Gasteiger partial charge in [-0.25, -0.2) is 9.36 Å². The van der Waals surface area contributed by atoms with Gasteiger partial charge in [-0.1, -0.05) is 72.3 Å². The minimum Gasteiger partial charge on any atom is -0.481 e. The fourth-order valence-corrected chi connectivity index (χ4v) is 5.18. The molecular weight excluding hydrogens is 633 g/mol. The van der Waals surface area contributed by atoms with Gasteiger partial charge in [-0.3, -0.25) is 9.59 Å². The van der Waals surface area contributed by atoms with Crippen LogP contribution in [0, 0.1) is 6.92 Å². The van der Waals surface area contributed by atoms with Gasteiger partial charge in [0.05, 0.1) is 52.6 Å². The largest absolute Gasteiger partial charge is 0.481 e. The van der Waals surface area contributed by atoms with Crippen LogP contribution in [0.4, 0.5) is 13.2 Å². The molecule has 6 rings (SSSR count). The molecule has 0 aliphatic heterocycles. The second-order valence-electron chi connectivity index (χ2n) is 11.3. The van der Waals surface area contributed by atoms with Crippen LogP contribution >= 0.6 is 0 Å². The fraction of sp³-hybridized carbons (Fsp3) is 0.158. The molecule has 8 nitrogen and oxygen atoms in total. The van der Waals surface area contributed by atoms with Crippen molar-refractivity contribution in [3.8, 4) is 33.9 Å². The molecule has 2 heterocycles. The monoisotopic (exact) mass is 666 g/mol. The third-order valence-corrected chi connectivity index (χ3v) is 7.51. The van der Waals surface area contributed by atoms with Crippen LogP contribution in [0.15, 0.2) is 121 Å². The zero-order valence-corrected chi connectivity index (χ0v) is 26.5. The van der Waals surface area contributed by atoms with Crippen molar-refractivity contribution in [2.24, 2.45) is 0 Å². The topological polar surface area (TPSA) is 110 Å². The van der Waals surface area contributed by atoms with Crippen molar-refractivity contribution in [1.82, 2.24) is 19.6 Å². The molecule has 0 amide bonds.